The third-order valence-corrected chi connectivity index (χ3v) is 7.25. The summed E-state index contributed by atoms with van der Waals surface area (Å²) in [6, 6.07) is 8.97. The van der Waals surface area contributed by atoms with E-state index < -0.39 is 54.2 Å². The van der Waals surface area contributed by atoms with E-state index in [9.17, 15) is 41.4 Å². The zero-order valence-corrected chi connectivity index (χ0v) is 21.9. The van der Waals surface area contributed by atoms with Crippen LogP contribution in [0.1, 0.15) is 5.56 Å². The van der Waals surface area contributed by atoms with Crippen molar-refractivity contribution in [3.05, 3.63) is 94.3 Å². The molecule has 1 amide bonds. The largest absolute Gasteiger partial charge is 0.493 e. The second-order valence-electron chi connectivity index (χ2n) is 8.15. The highest BCUT2D eigenvalue weighted by atomic mass is 32.2. The molecule has 3 aromatic rings. The number of hydrazone groups is 1. The van der Waals surface area contributed by atoms with Crippen molar-refractivity contribution in [2.45, 2.75) is 9.79 Å². The van der Waals surface area contributed by atoms with Gasteiger partial charge >= 0.3 is 5.97 Å². The molecule has 0 unspecified atom stereocenters. The Morgan fingerprint density at radius 2 is 1.37 bits per heavy atom. The van der Waals surface area contributed by atoms with Crippen LogP contribution in [0.15, 0.2) is 98.1 Å². The van der Waals surface area contributed by atoms with Crippen molar-refractivity contribution in [1.82, 2.24) is 9.78 Å². The number of allylic oxidation sites excluding steroid dienone is 4. The van der Waals surface area contributed by atoms with Gasteiger partial charge in [0, 0.05) is 0 Å². The molecule has 0 aliphatic carbocycles. The zero-order valence-electron chi connectivity index (χ0n) is 20.3. The number of carboxylic acids is 1. The smallest absolute Gasteiger partial charge is 0.357 e. The summed E-state index contributed by atoms with van der Waals surface area (Å²) in [5.41, 5.74) is -1.55. The number of hydrogen-bond donors (Lipinski definition) is 5. The third-order valence-electron chi connectivity index (χ3n) is 5.51. The molecule has 0 spiro atoms. The maximum Gasteiger partial charge on any atom is 0.357 e. The van der Waals surface area contributed by atoms with Gasteiger partial charge in [-0.15, -0.1) is 0 Å². The average Bonchev–Trinajstić information content (AvgIpc) is 3.38. The molecule has 0 atom stereocenters. The van der Waals surface area contributed by atoms with E-state index in [1.54, 1.807) is 0 Å². The van der Waals surface area contributed by atoms with Crippen LogP contribution in [0.3, 0.4) is 0 Å². The summed E-state index contributed by atoms with van der Waals surface area (Å²) in [4.78, 5) is 36.0. The van der Waals surface area contributed by atoms with Crippen molar-refractivity contribution >= 4 is 49.6 Å². The molecular formula is C24H18N4O11S2. The second-order valence-corrected chi connectivity index (χ2v) is 11.0. The summed E-state index contributed by atoms with van der Waals surface area (Å²) in [7, 11) is -8.91. The molecule has 0 bridgehead atoms. The maximum absolute atomic E-state index is 12.8. The summed E-state index contributed by atoms with van der Waals surface area (Å²) in [5, 5.41) is 26.8. The molecule has 212 valence electrons. The van der Waals surface area contributed by atoms with Crippen LogP contribution in [0.25, 0.3) is 11.8 Å². The topological polar surface area (TPSA) is 237 Å². The fraction of sp³-hybridized carbons (Fsp3) is 0. The Morgan fingerprint density at radius 1 is 0.829 bits per heavy atom. The van der Waals surface area contributed by atoms with Crippen LogP contribution in [0.5, 0.6) is 5.88 Å². The summed E-state index contributed by atoms with van der Waals surface area (Å²) in [6.07, 6.45) is 6.30. The van der Waals surface area contributed by atoms with Gasteiger partial charge < -0.3 is 10.2 Å². The molecule has 2 aromatic carbocycles. The Hall–Kier alpha value is -5.10. The first-order chi connectivity index (χ1) is 19.2. The minimum Gasteiger partial charge on any atom is -0.493 e. The normalized spacial score (nSPS) is 15.4. The predicted molar refractivity (Wildman–Crippen MR) is 143 cm³/mol. The number of carbonyl (C=O) groups is 2. The van der Waals surface area contributed by atoms with E-state index in [1.807, 2.05) is 0 Å². The average molecular weight is 603 g/mol. The van der Waals surface area contributed by atoms with Gasteiger partial charge in [0.1, 0.15) is 5.56 Å². The number of nitrogens with one attached hydrogen (secondary N) is 1. The molecule has 0 saturated heterocycles. The zero-order chi connectivity index (χ0) is 30.1. The molecule has 15 nitrogen and oxygen atoms in total. The van der Waals surface area contributed by atoms with E-state index in [0.717, 1.165) is 52.2 Å². The lowest BCUT2D eigenvalue weighted by Crippen LogP contribution is -2.22. The number of hydrogen-bond acceptors (Lipinski definition) is 9. The summed E-state index contributed by atoms with van der Waals surface area (Å²) in [6.45, 7) is 0. The van der Waals surface area contributed by atoms with Gasteiger partial charge in [-0.05, 0) is 60.7 Å². The Morgan fingerprint density at radius 3 is 1.88 bits per heavy atom. The van der Waals surface area contributed by atoms with Gasteiger partial charge in [0.05, 0.1) is 26.7 Å². The summed E-state index contributed by atoms with van der Waals surface area (Å²) < 4.78 is 64.0. The van der Waals surface area contributed by atoms with Crippen molar-refractivity contribution < 1.29 is 45.7 Å². The summed E-state index contributed by atoms with van der Waals surface area (Å²) >= 11 is 0. The first kappa shape index (κ1) is 28.9. The monoisotopic (exact) mass is 602 g/mol. The van der Waals surface area contributed by atoms with Gasteiger partial charge in [0.25, 0.3) is 31.7 Å². The SMILES string of the molecule is O=C(O)C1=NN(c2ccc(S(=O)(=O)O)cc2)C(=O)/C1=C/C=C/C=C/c1c(O)n(-c2ccc(S(=O)(=O)O)cc2)[nH]c1=O. The highest BCUT2D eigenvalue weighted by Crippen LogP contribution is 2.25. The molecule has 2 heterocycles. The lowest BCUT2D eigenvalue weighted by Gasteiger charge is -2.11. The Balaban J connectivity index is 1.54. The molecule has 17 heteroatoms. The molecule has 41 heavy (non-hydrogen) atoms. The van der Waals surface area contributed by atoms with Crippen molar-refractivity contribution in [3.8, 4) is 11.6 Å². The summed E-state index contributed by atoms with van der Waals surface area (Å²) in [5.74, 6) is -2.85. The van der Waals surface area contributed by atoms with E-state index in [4.69, 9.17) is 9.11 Å². The van der Waals surface area contributed by atoms with E-state index in [2.05, 4.69) is 10.2 Å². The van der Waals surface area contributed by atoms with Gasteiger partial charge in [0.2, 0.25) is 5.88 Å². The number of carbonyl (C=O) groups excluding carboxylic acids is 1. The van der Waals surface area contributed by atoms with Gasteiger partial charge in [-0.25, -0.2) is 9.48 Å². The number of anilines is 1. The number of H-pyrrole nitrogens is 1. The number of rotatable bonds is 8. The van der Waals surface area contributed by atoms with Crippen molar-refractivity contribution in [3.63, 3.8) is 0 Å². The van der Waals surface area contributed by atoms with E-state index in [-0.39, 0.29) is 27.4 Å². The standard InChI is InChI=1S/C24H18N4O11S2/c29-21-19(23(31)28(26-21)15-8-12-17(13-9-15)41(37,38)39)5-3-1-2-4-18-20(24(32)33)25-27(22(18)30)14-6-10-16(11-7-14)40(34,35)36/h1-13,31H,(H,26,29)(H,32,33)(H,34,35,36)(H,37,38,39)/b2-1+,5-3+,18-4+. The van der Waals surface area contributed by atoms with E-state index in [0.29, 0.717) is 0 Å². The van der Waals surface area contributed by atoms with Gasteiger partial charge in [-0.1, -0.05) is 18.2 Å². The molecule has 1 aliphatic heterocycles. The molecule has 0 saturated carbocycles. The number of aromatic hydroxyl groups is 1. The minimum atomic E-state index is -4.48. The quantitative estimate of drug-likeness (QED) is 0.140. The molecule has 0 radical (unpaired) electrons. The van der Waals surface area contributed by atoms with Gasteiger partial charge in [-0.3, -0.25) is 23.8 Å². The van der Waals surface area contributed by atoms with Crippen LogP contribution in [0.4, 0.5) is 5.69 Å². The van der Waals surface area contributed by atoms with Crippen LogP contribution < -0.4 is 10.6 Å². The molecule has 4 rings (SSSR count). The minimum absolute atomic E-state index is 0.0419. The maximum atomic E-state index is 12.8. The highest BCUT2D eigenvalue weighted by molar-refractivity contribution is 7.86. The Kier molecular flexibility index (Phi) is 7.62. The second kappa shape index (κ2) is 10.8. The number of nitrogens with zero attached hydrogens (tertiary/aromatic N) is 3. The van der Waals surface area contributed by atoms with Crippen molar-refractivity contribution in [2.24, 2.45) is 5.10 Å². The van der Waals surface area contributed by atoms with Gasteiger partial charge in [0.15, 0.2) is 5.71 Å². The first-order valence-corrected chi connectivity index (χ1v) is 14.0. The number of aliphatic carboxylic acids is 1. The number of carboxylic acid groups (broad SMARTS) is 1. The molecule has 5 N–H and O–H groups in total. The Labute approximate surface area is 230 Å². The number of aromatic nitrogens is 2. The van der Waals surface area contributed by atoms with Crippen LogP contribution in [-0.4, -0.2) is 63.5 Å². The van der Waals surface area contributed by atoms with Crippen LogP contribution in [-0.2, 0) is 29.8 Å². The van der Waals surface area contributed by atoms with E-state index >= 15 is 0 Å². The fourth-order valence-corrected chi connectivity index (χ4v) is 4.53. The third kappa shape index (κ3) is 6.07. The van der Waals surface area contributed by atoms with Crippen molar-refractivity contribution in [1.29, 1.82) is 0 Å². The highest BCUT2D eigenvalue weighted by Gasteiger charge is 2.34. The molecular weight excluding hydrogens is 584 g/mol. The fourth-order valence-electron chi connectivity index (χ4n) is 3.57. The lowest BCUT2D eigenvalue weighted by atomic mass is 10.1. The molecule has 0 fully saturated rings. The number of aromatic amines is 1. The number of benzene rings is 2. The lowest BCUT2D eigenvalue weighted by molar-refractivity contribution is -0.129. The molecule has 1 aromatic heterocycles. The van der Waals surface area contributed by atoms with E-state index in [1.165, 1.54) is 36.4 Å². The number of amides is 1. The van der Waals surface area contributed by atoms with Crippen LogP contribution in [0.2, 0.25) is 0 Å². The Bertz CT molecular complexity index is 1950. The van der Waals surface area contributed by atoms with Crippen LogP contribution in [0, 0.1) is 0 Å². The van der Waals surface area contributed by atoms with Crippen molar-refractivity contribution in [2.75, 3.05) is 5.01 Å². The first-order valence-electron chi connectivity index (χ1n) is 11.1. The molecule has 1 aliphatic rings. The predicted octanol–water partition coefficient (Wildman–Crippen LogP) is 1.35. The van der Waals surface area contributed by atoms with Gasteiger partial charge in [-0.2, -0.15) is 26.9 Å². The van der Waals surface area contributed by atoms with Crippen LogP contribution >= 0.6 is 0 Å².